The first-order valence-electron chi connectivity index (χ1n) is 7.57. The fraction of sp³-hybridized carbons (Fsp3) is 0.714. The Morgan fingerprint density at radius 2 is 2.29 bits per heavy atom. The molecule has 2 rings (SSSR count). The summed E-state index contributed by atoms with van der Waals surface area (Å²) in [6.45, 7) is 6.21. The van der Waals surface area contributed by atoms with E-state index in [-0.39, 0.29) is 0 Å². The van der Waals surface area contributed by atoms with E-state index in [1.165, 1.54) is 0 Å². The Bertz CT molecular complexity index is 541. The largest absolute Gasteiger partial charge is 0.363 e. The highest BCUT2D eigenvalue weighted by atomic mass is 32.2. The summed E-state index contributed by atoms with van der Waals surface area (Å²) in [5.41, 5.74) is 0.893. The molecule has 3 N–H and O–H groups in total. The summed E-state index contributed by atoms with van der Waals surface area (Å²) in [5.74, 6) is 0.411. The van der Waals surface area contributed by atoms with Gasteiger partial charge < -0.3 is 15.2 Å². The van der Waals surface area contributed by atoms with Gasteiger partial charge in [-0.25, -0.2) is 13.1 Å². The van der Waals surface area contributed by atoms with E-state index in [0.717, 1.165) is 38.2 Å². The lowest BCUT2D eigenvalue weighted by molar-refractivity contribution is 0.394. The molecule has 1 saturated heterocycles. The molecule has 0 radical (unpaired) electrons. The van der Waals surface area contributed by atoms with Crippen molar-refractivity contribution in [2.45, 2.75) is 31.2 Å². The molecule has 1 aromatic heterocycles. The van der Waals surface area contributed by atoms with Crippen LogP contribution in [-0.4, -0.2) is 51.5 Å². The summed E-state index contributed by atoms with van der Waals surface area (Å²) >= 11 is 0. The molecule has 7 heteroatoms. The molecule has 21 heavy (non-hydrogen) atoms. The lowest BCUT2D eigenvalue weighted by Crippen LogP contribution is -2.30. The minimum atomic E-state index is -3.40. The average molecular weight is 314 g/mol. The highest BCUT2D eigenvalue weighted by Crippen LogP contribution is 2.15. The molecule has 6 nitrogen and oxygen atoms in total. The summed E-state index contributed by atoms with van der Waals surface area (Å²) in [5, 5.41) is 3.25. The van der Waals surface area contributed by atoms with Crippen molar-refractivity contribution in [2.75, 3.05) is 33.2 Å². The first-order valence-corrected chi connectivity index (χ1v) is 9.06. The SMILES string of the molecule is CCCNCc1cc(S(=O)(=O)NCC2CCN(C)C2)c[nH]1. The monoisotopic (exact) mass is 314 g/mol. The van der Waals surface area contributed by atoms with Crippen LogP contribution in [0.15, 0.2) is 17.2 Å². The molecule has 1 aliphatic heterocycles. The van der Waals surface area contributed by atoms with Crippen LogP contribution in [0.4, 0.5) is 0 Å². The van der Waals surface area contributed by atoms with E-state index in [1.807, 2.05) is 0 Å². The number of aromatic amines is 1. The van der Waals surface area contributed by atoms with Crippen LogP contribution in [0.2, 0.25) is 0 Å². The van der Waals surface area contributed by atoms with Gasteiger partial charge in [0.1, 0.15) is 0 Å². The quantitative estimate of drug-likeness (QED) is 0.619. The molecule has 1 fully saturated rings. The van der Waals surface area contributed by atoms with Crippen LogP contribution in [0, 0.1) is 5.92 Å². The molecule has 1 aliphatic rings. The molecule has 1 aromatic rings. The van der Waals surface area contributed by atoms with Gasteiger partial charge in [0.05, 0.1) is 4.90 Å². The zero-order chi connectivity index (χ0) is 15.3. The Morgan fingerprint density at radius 3 is 2.95 bits per heavy atom. The summed E-state index contributed by atoms with van der Waals surface area (Å²) < 4.78 is 27.2. The normalized spacial score (nSPS) is 20.2. The van der Waals surface area contributed by atoms with E-state index in [4.69, 9.17) is 0 Å². The van der Waals surface area contributed by atoms with Crippen molar-refractivity contribution in [3.63, 3.8) is 0 Å². The maximum absolute atomic E-state index is 12.2. The van der Waals surface area contributed by atoms with Crippen LogP contribution in [0.25, 0.3) is 0 Å². The van der Waals surface area contributed by atoms with Crippen molar-refractivity contribution in [2.24, 2.45) is 5.92 Å². The molecule has 0 bridgehead atoms. The van der Waals surface area contributed by atoms with Crippen molar-refractivity contribution in [1.29, 1.82) is 0 Å². The highest BCUT2D eigenvalue weighted by Gasteiger charge is 2.22. The van der Waals surface area contributed by atoms with Gasteiger partial charge in [0, 0.05) is 31.5 Å². The van der Waals surface area contributed by atoms with E-state index in [9.17, 15) is 8.42 Å². The third-order valence-electron chi connectivity index (χ3n) is 3.82. The zero-order valence-electron chi connectivity index (χ0n) is 12.9. The molecule has 0 amide bonds. The number of H-pyrrole nitrogens is 1. The third-order valence-corrected chi connectivity index (χ3v) is 5.22. The second-order valence-electron chi connectivity index (χ2n) is 5.81. The van der Waals surface area contributed by atoms with Crippen molar-refractivity contribution >= 4 is 10.0 Å². The summed E-state index contributed by atoms with van der Waals surface area (Å²) in [6.07, 6.45) is 3.67. The summed E-state index contributed by atoms with van der Waals surface area (Å²) in [6, 6.07) is 1.70. The molecule has 1 unspecified atom stereocenters. The number of nitrogens with zero attached hydrogens (tertiary/aromatic N) is 1. The minimum absolute atomic E-state index is 0.321. The maximum Gasteiger partial charge on any atom is 0.242 e. The Labute approximate surface area is 127 Å². The maximum atomic E-state index is 12.2. The first kappa shape index (κ1) is 16.5. The lowest BCUT2D eigenvalue weighted by Gasteiger charge is -2.11. The number of hydrogen-bond acceptors (Lipinski definition) is 4. The second-order valence-corrected chi connectivity index (χ2v) is 7.57. The Hall–Kier alpha value is -0.890. The van der Waals surface area contributed by atoms with Gasteiger partial charge in [-0.1, -0.05) is 6.92 Å². The van der Waals surface area contributed by atoms with Gasteiger partial charge in [0.2, 0.25) is 10.0 Å². The Morgan fingerprint density at radius 1 is 1.48 bits per heavy atom. The van der Waals surface area contributed by atoms with Crippen LogP contribution in [0.3, 0.4) is 0 Å². The van der Waals surface area contributed by atoms with E-state index < -0.39 is 10.0 Å². The smallest absolute Gasteiger partial charge is 0.242 e. The lowest BCUT2D eigenvalue weighted by atomic mass is 10.1. The standard InChI is InChI=1S/C14H26N4O2S/c1-3-5-15-9-13-7-14(10-16-13)21(19,20)17-8-12-4-6-18(2)11-12/h7,10,12,15-17H,3-6,8-9,11H2,1-2H3. The predicted octanol–water partition coefficient (Wildman–Crippen LogP) is 0.744. The Balaban J connectivity index is 1.87. The molecule has 1 atom stereocenters. The van der Waals surface area contributed by atoms with Crippen LogP contribution < -0.4 is 10.0 Å². The van der Waals surface area contributed by atoms with Crippen molar-refractivity contribution in [1.82, 2.24) is 19.9 Å². The molecule has 120 valence electrons. The van der Waals surface area contributed by atoms with E-state index >= 15 is 0 Å². The van der Waals surface area contributed by atoms with Crippen LogP contribution in [-0.2, 0) is 16.6 Å². The minimum Gasteiger partial charge on any atom is -0.363 e. The van der Waals surface area contributed by atoms with Crippen molar-refractivity contribution < 1.29 is 8.42 Å². The summed E-state index contributed by atoms with van der Waals surface area (Å²) in [7, 11) is -1.34. The highest BCUT2D eigenvalue weighted by molar-refractivity contribution is 7.89. The van der Waals surface area contributed by atoms with Crippen molar-refractivity contribution in [3.05, 3.63) is 18.0 Å². The van der Waals surface area contributed by atoms with Gasteiger partial charge in [-0.3, -0.25) is 0 Å². The topological polar surface area (TPSA) is 77.2 Å². The number of aromatic nitrogens is 1. The molecule has 0 spiro atoms. The van der Waals surface area contributed by atoms with Gasteiger partial charge >= 0.3 is 0 Å². The van der Waals surface area contributed by atoms with E-state index in [2.05, 4.69) is 33.9 Å². The molecule has 0 aromatic carbocycles. The van der Waals surface area contributed by atoms with Gasteiger partial charge in [0.25, 0.3) is 0 Å². The summed E-state index contributed by atoms with van der Waals surface area (Å²) in [4.78, 5) is 5.57. The van der Waals surface area contributed by atoms with Crippen LogP contribution in [0.5, 0.6) is 0 Å². The molecule has 0 saturated carbocycles. The molecule has 2 heterocycles. The zero-order valence-corrected chi connectivity index (χ0v) is 13.7. The van der Waals surface area contributed by atoms with Gasteiger partial charge in [-0.2, -0.15) is 0 Å². The number of rotatable bonds is 8. The predicted molar refractivity (Wildman–Crippen MR) is 83.6 cm³/mol. The average Bonchev–Trinajstić information content (AvgIpc) is 3.06. The van der Waals surface area contributed by atoms with Crippen LogP contribution >= 0.6 is 0 Å². The van der Waals surface area contributed by atoms with Crippen LogP contribution in [0.1, 0.15) is 25.5 Å². The number of hydrogen-bond donors (Lipinski definition) is 3. The van der Waals surface area contributed by atoms with E-state index in [1.54, 1.807) is 12.3 Å². The van der Waals surface area contributed by atoms with E-state index in [0.29, 0.717) is 23.9 Å². The molecular formula is C14H26N4O2S. The van der Waals surface area contributed by atoms with Gasteiger partial charge in [0.15, 0.2) is 0 Å². The molecule has 0 aliphatic carbocycles. The van der Waals surface area contributed by atoms with Gasteiger partial charge in [-0.05, 0) is 45.0 Å². The first-order chi connectivity index (χ1) is 10.0. The fourth-order valence-electron chi connectivity index (χ4n) is 2.58. The van der Waals surface area contributed by atoms with Crippen molar-refractivity contribution in [3.8, 4) is 0 Å². The fourth-order valence-corrected chi connectivity index (χ4v) is 3.71. The molecular weight excluding hydrogens is 288 g/mol. The number of sulfonamides is 1. The third kappa shape index (κ3) is 4.81. The second kappa shape index (κ2) is 7.40. The number of nitrogens with one attached hydrogen (secondary N) is 3. The van der Waals surface area contributed by atoms with Gasteiger partial charge in [-0.15, -0.1) is 0 Å². The number of likely N-dealkylation sites (tertiary alicyclic amines) is 1. The Kier molecular flexibility index (Phi) is 5.80.